The number of hydrogen-bond acceptors (Lipinski definition) is 5. The fraction of sp³-hybridized carbons (Fsp3) is 0.167. The molecule has 0 radical (unpaired) electrons. The summed E-state index contributed by atoms with van der Waals surface area (Å²) in [6.07, 6.45) is 0. The standard InChI is InChI=1S/C12H11N3O2/c1-16-8-3-4-9(17-2)12-11(8)7(6-13)5-10(14)15-12/h3-5H,1-2H3,(H2,14,15). The molecule has 0 aliphatic carbocycles. The van der Waals surface area contributed by atoms with E-state index in [1.165, 1.54) is 13.2 Å². The van der Waals surface area contributed by atoms with Crippen LogP contribution in [0.1, 0.15) is 5.56 Å². The number of benzene rings is 1. The maximum atomic E-state index is 9.11. The second-order valence-electron chi connectivity index (χ2n) is 3.40. The van der Waals surface area contributed by atoms with Gasteiger partial charge in [0, 0.05) is 0 Å². The van der Waals surface area contributed by atoms with E-state index in [9.17, 15) is 0 Å². The number of anilines is 1. The van der Waals surface area contributed by atoms with Crippen LogP contribution in [-0.2, 0) is 0 Å². The predicted molar refractivity (Wildman–Crippen MR) is 64.0 cm³/mol. The zero-order valence-electron chi connectivity index (χ0n) is 9.52. The van der Waals surface area contributed by atoms with Crippen molar-refractivity contribution in [2.45, 2.75) is 0 Å². The third-order valence-corrected chi connectivity index (χ3v) is 2.47. The van der Waals surface area contributed by atoms with Crippen molar-refractivity contribution in [3.05, 3.63) is 23.8 Å². The predicted octanol–water partition coefficient (Wildman–Crippen LogP) is 1.71. The van der Waals surface area contributed by atoms with Gasteiger partial charge < -0.3 is 15.2 Å². The average molecular weight is 229 g/mol. The summed E-state index contributed by atoms with van der Waals surface area (Å²) in [5, 5.41) is 9.73. The molecule has 0 atom stereocenters. The van der Waals surface area contributed by atoms with Crippen LogP contribution in [0.5, 0.6) is 11.5 Å². The maximum Gasteiger partial charge on any atom is 0.145 e. The lowest BCUT2D eigenvalue weighted by Gasteiger charge is -2.10. The Morgan fingerprint density at radius 2 is 1.88 bits per heavy atom. The molecule has 0 aliphatic heterocycles. The van der Waals surface area contributed by atoms with E-state index in [1.54, 1.807) is 19.2 Å². The van der Waals surface area contributed by atoms with Gasteiger partial charge in [0.1, 0.15) is 28.9 Å². The molecule has 0 aliphatic rings. The van der Waals surface area contributed by atoms with Gasteiger partial charge in [-0.1, -0.05) is 0 Å². The summed E-state index contributed by atoms with van der Waals surface area (Å²) in [5.74, 6) is 1.41. The molecule has 17 heavy (non-hydrogen) atoms. The second kappa shape index (κ2) is 4.18. The Kier molecular flexibility index (Phi) is 2.71. The second-order valence-corrected chi connectivity index (χ2v) is 3.40. The number of rotatable bonds is 2. The molecule has 86 valence electrons. The van der Waals surface area contributed by atoms with Crippen molar-refractivity contribution in [1.82, 2.24) is 4.98 Å². The highest BCUT2D eigenvalue weighted by Gasteiger charge is 2.13. The molecular weight excluding hydrogens is 218 g/mol. The maximum absolute atomic E-state index is 9.11. The summed E-state index contributed by atoms with van der Waals surface area (Å²) < 4.78 is 10.4. The molecule has 0 bridgehead atoms. The summed E-state index contributed by atoms with van der Waals surface area (Å²) >= 11 is 0. The molecular formula is C12H11N3O2. The number of nitrogen functional groups attached to an aromatic ring is 1. The van der Waals surface area contributed by atoms with Crippen molar-refractivity contribution in [2.24, 2.45) is 0 Å². The van der Waals surface area contributed by atoms with Crippen molar-refractivity contribution >= 4 is 16.7 Å². The van der Waals surface area contributed by atoms with Crippen LogP contribution < -0.4 is 15.2 Å². The topological polar surface area (TPSA) is 81.2 Å². The molecule has 1 aromatic heterocycles. The molecule has 0 amide bonds. The lowest BCUT2D eigenvalue weighted by Crippen LogP contribution is -1.97. The molecule has 1 heterocycles. The van der Waals surface area contributed by atoms with Gasteiger partial charge in [-0.2, -0.15) is 5.26 Å². The largest absolute Gasteiger partial charge is 0.496 e. The van der Waals surface area contributed by atoms with Gasteiger partial charge in [0.05, 0.1) is 25.2 Å². The van der Waals surface area contributed by atoms with Gasteiger partial charge in [0.15, 0.2) is 0 Å². The van der Waals surface area contributed by atoms with Gasteiger partial charge in [-0.05, 0) is 18.2 Å². The van der Waals surface area contributed by atoms with Crippen LogP contribution >= 0.6 is 0 Å². The first-order valence-electron chi connectivity index (χ1n) is 4.92. The minimum atomic E-state index is 0.278. The third-order valence-electron chi connectivity index (χ3n) is 2.47. The molecule has 1 aromatic carbocycles. The fourth-order valence-electron chi connectivity index (χ4n) is 1.73. The molecule has 0 unspecified atom stereocenters. The van der Waals surface area contributed by atoms with Crippen LogP contribution in [-0.4, -0.2) is 19.2 Å². The van der Waals surface area contributed by atoms with Crippen LogP contribution in [0.25, 0.3) is 10.9 Å². The van der Waals surface area contributed by atoms with Crippen LogP contribution in [0.3, 0.4) is 0 Å². The Morgan fingerprint density at radius 3 is 2.47 bits per heavy atom. The van der Waals surface area contributed by atoms with Crippen molar-refractivity contribution in [2.75, 3.05) is 20.0 Å². The highest BCUT2D eigenvalue weighted by Crippen LogP contribution is 2.34. The number of nitrogens with zero attached hydrogens (tertiary/aromatic N) is 2. The molecule has 0 saturated heterocycles. The molecule has 0 saturated carbocycles. The number of ether oxygens (including phenoxy) is 2. The summed E-state index contributed by atoms with van der Waals surface area (Å²) in [7, 11) is 3.08. The van der Waals surface area contributed by atoms with Crippen molar-refractivity contribution in [1.29, 1.82) is 5.26 Å². The molecule has 5 nitrogen and oxygen atoms in total. The lowest BCUT2D eigenvalue weighted by atomic mass is 10.1. The normalized spacial score (nSPS) is 9.94. The summed E-state index contributed by atoms with van der Waals surface area (Å²) in [6, 6.07) is 7.07. The highest BCUT2D eigenvalue weighted by atomic mass is 16.5. The number of aromatic nitrogens is 1. The Hall–Kier alpha value is -2.48. The number of nitriles is 1. The van der Waals surface area contributed by atoms with Crippen LogP contribution in [0.4, 0.5) is 5.82 Å². The van der Waals surface area contributed by atoms with Crippen molar-refractivity contribution in [3.8, 4) is 17.6 Å². The minimum Gasteiger partial charge on any atom is -0.496 e. The number of hydrogen-bond donors (Lipinski definition) is 1. The molecule has 5 heteroatoms. The molecule has 2 rings (SSSR count). The Labute approximate surface area is 98.4 Å². The molecule has 2 aromatic rings. The van der Waals surface area contributed by atoms with E-state index >= 15 is 0 Å². The van der Waals surface area contributed by atoms with Crippen LogP contribution in [0, 0.1) is 11.3 Å². The average Bonchev–Trinajstić information content (AvgIpc) is 2.36. The van der Waals surface area contributed by atoms with E-state index < -0.39 is 0 Å². The zero-order valence-corrected chi connectivity index (χ0v) is 9.52. The van der Waals surface area contributed by atoms with Gasteiger partial charge in [-0.3, -0.25) is 0 Å². The number of pyridine rings is 1. The summed E-state index contributed by atoms with van der Waals surface area (Å²) in [4.78, 5) is 4.19. The highest BCUT2D eigenvalue weighted by molar-refractivity contribution is 5.95. The first-order chi connectivity index (χ1) is 8.21. The number of fused-ring (bicyclic) bond motifs is 1. The minimum absolute atomic E-state index is 0.278. The summed E-state index contributed by atoms with van der Waals surface area (Å²) in [6.45, 7) is 0. The van der Waals surface area contributed by atoms with Crippen LogP contribution in [0.2, 0.25) is 0 Å². The lowest BCUT2D eigenvalue weighted by molar-refractivity contribution is 0.409. The Bertz CT molecular complexity index is 617. The van der Waals surface area contributed by atoms with Crippen molar-refractivity contribution < 1.29 is 9.47 Å². The van der Waals surface area contributed by atoms with Crippen LogP contribution in [0.15, 0.2) is 18.2 Å². The van der Waals surface area contributed by atoms with E-state index in [0.29, 0.717) is 28.0 Å². The monoisotopic (exact) mass is 229 g/mol. The van der Waals surface area contributed by atoms with E-state index in [4.69, 9.17) is 20.5 Å². The Morgan fingerprint density at radius 1 is 1.24 bits per heavy atom. The van der Waals surface area contributed by atoms with Gasteiger partial charge in [-0.15, -0.1) is 0 Å². The van der Waals surface area contributed by atoms with E-state index in [2.05, 4.69) is 11.1 Å². The first-order valence-corrected chi connectivity index (χ1v) is 4.92. The van der Waals surface area contributed by atoms with Gasteiger partial charge in [0.25, 0.3) is 0 Å². The molecule has 2 N–H and O–H groups in total. The zero-order chi connectivity index (χ0) is 12.4. The quantitative estimate of drug-likeness (QED) is 0.847. The molecule has 0 spiro atoms. The van der Waals surface area contributed by atoms with E-state index in [0.717, 1.165) is 0 Å². The number of methoxy groups -OCH3 is 2. The summed E-state index contributed by atoms with van der Waals surface area (Å²) in [5.41, 5.74) is 6.61. The smallest absolute Gasteiger partial charge is 0.145 e. The van der Waals surface area contributed by atoms with E-state index in [-0.39, 0.29) is 5.82 Å². The Balaban J connectivity index is 2.95. The van der Waals surface area contributed by atoms with Crippen molar-refractivity contribution in [3.63, 3.8) is 0 Å². The molecule has 0 fully saturated rings. The van der Waals surface area contributed by atoms with Gasteiger partial charge >= 0.3 is 0 Å². The first kappa shape index (κ1) is 11.0. The van der Waals surface area contributed by atoms with E-state index in [1.807, 2.05) is 0 Å². The van der Waals surface area contributed by atoms with Gasteiger partial charge in [0.2, 0.25) is 0 Å². The van der Waals surface area contributed by atoms with Gasteiger partial charge in [-0.25, -0.2) is 4.98 Å². The SMILES string of the molecule is COc1ccc(OC)c2c(C#N)cc(N)nc12. The number of nitrogens with two attached hydrogens (primary N) is 1. The third kappa shape index (κ3) is 1.70. The fourth-order valence-corrected chi connectivity index (χ4v) is 1.73.